The van der Waals surface area contributed by atoms with E-state index >= 15 is 0 Å². The third kappa shape index (κ3) is 6.56. The van der Waals surface area contributed by atoms with E-state index < -0.39 is 6.10 Å². The van der Waals surface area contributed by atoms with Crippen LogP contribution in [-0.2, 0) is 20.7 Å². The Morgan fingerprint density at radius 3 is 2.57 bits per heavy atom. The van der Waals surface area contributed by atoms with Gasteiger partial charge in [0, 0.05) is 13.1 Å². The van der Waals surface area contributed by atoms with E-state index in [-0.39, 0.29) is 36.9 Å². The first-order chi connectivity index (χ1) is 10.7. The summed E-state index contributed by atoms with van der Waals surface area (Å²) in [6.07, 6.45) is 1.69. The third-order valence-corrected chi connectivity index (χ3v) is 3.66. The van der Waals surface area contributed by atoms with E-state index in [1.54, 1.807) is 0 Å². The van der Waals surface area contributed by atoms with Crippen LogP contribution in [0.3, 0.4) is 0 Å². The van der Waals surface area contributed by atoms with Crippen molar-refractivity contribution in [1.29, 1.82) is 0 Å². The second kappa shape index (κ2) is 10.2. The molecule has 1 saturated heterocycles. The first-order valence-corrected chi connectivity index (χ1v) is 7.63. The number of carbonyl (C=O) groups excluding carboxylic acids is 2. The number of benzene rings is 1. The highest BCUT2D eigenvalue weighted by atomic mass is 35.5. The van der Waals surface area contributed by atoms with Gasteiger partial charge in [0.1, 0.15) is 6.10 Å². The molecule has 0 bridgehead atoms. The number of nitrogens with two attached hydrogens (primary N) is 1. The number of hydrogen-bond acceptors (Lipinski definition) is 4. The van der Waals surface area contributed by atoms with Gasteiger partial charge in [0.15, 0.2) is 0 Å². The van der Waals surface area contributed by atoms with Gasteiger partial charge < -0.3 is 21.1 Å². The molecule has 128 valence electrons. The predicted octanol–water partition coefficient (Wildman–Crippen LogP) is 0.390. The lowest BCUT2D eigenvalue weighted by Gasteiger charge is -2.12. The van der Waals surface area contributed by atoms with Gasteiger partial charge in [-0.05, 0) is 24.8 Å². The van der Waals surface area contributed by atoms with E-state index in [2.05, 4.69) is 10.6 Å². The topological polar surface area (TPSA) is 93.5 Å². The molecule has 0 spiro atoms. The van der Waals surface area contributed by atoms with E-state index in [0.717, 1.165) is 12.8 Å². The van der Waals surface area contributed by atoms with Gasteiger partial charge in [0.2, 0.25) is 11.8 Å². The molecule has 7 heteroatoms. The molecule has 0 radical (unpaired) electrons. The highest BCUT2D eigenvalue weighted by Gasteiger charge is 2.29. The number of hydrogen-bond donors (Lipinski definition) is 3. The van der Waals surface area contributed by atoms with Crippen molar-refractivity contribution in [2.75, 3.05) is 19.6 Å². The molecule has 1 fully saturated rings. The molecule has 0 saturated carbocycles. The van der Waals surface area contributed by atoms with E-state index in [1.807, 2.05) is 30.3 Å². The number of rotatable bonds is 7. The second-order valence-corrected chi connectivity index (χ2v) is 5.36. The van der Waals surface area contributed by atoms with E-state index in [0.29, 0.717) is 19.5 Å². The molecular formula is C16H24ClN3O3. The van der Waals surface area contributed by atoms with Crippen LogP contribution in [0.25, 0.3) is 0 Å². The number of halogens is 1. The van der Waals surface area contributed by atoms with Crippen molar-refractivity contribution in [2.24, 2.45) is 5.73 Å². The molecule has 1 aromatic carbocycles. The van der Waals surface area contributed by atoms with Gasteiger partial charge in [0.05, 0.1) is 12.6 Å². The molecular weight excluding hydrogens is 318 g/mol. The Balaban J connectivity index is 0.00000264. The molecule has 0 aromatic heterocycles. The summed E-state index contributed by atoms with van der Waals surface area (Å²) < 4.78 is 5.47. The number of amides is 2. The second-order valence-electron chi connectivity index (χ2n) is 5.36. The lowest BCUT2D eigenvalue weighted by atomic mass is 10.1. The largest absolute Gasteiger partial charge is 0.364 e. The maximum Gasteiger partial charge on any atom is 0.249 e. The summed E-state index contributed by atoms with van der Waals surface area (Å²) in [7, 11) is 0. The maximum atomic E-state index is 11.8. The summed E-state index contributed by atoms with van der Waals surface area (Å²) in [5.41, 5.74) is 6.67. The fourth-order valence-corrected chi connectivity index (χ4v) is 2.41. The Morgan fingerprint density at radius 1 is 1.17 bits per heavy atom. The van der Waals surface area contributed by atoms with E-state index in [9.17, 15) is 9.59 Å². The average molecular weight is 342 g/mol. The van der Waals surface area contributed by atoms with Crippen LogP contribution in [0.4, 0.5) is 0 Å². The van der Waals surface area contributed by atoms with Crippen molar-refractivity contribution in [3.63, 3.8) is 0 Å². The van der Waals surface area contributed by atoms with Crippen molar-refractivity contribution in [3.8, 4) is 0 Å². The fraction of sp³-hybridized carbons (Fsp3) is 0.500. The van der Waals surface area contributed by atoms with Crippen molar-refractivity contribution in [1.82, 2.24) is 10.6 Å². The molecule has 0 unspecified atom stereocenters. The smallest absolute Gasteiger partial charge is 0.249 e. The Bertz CT molecular complexity index is 499. The quantitative estimate of drug-likeness (QED) is 0.669. The summed E-state index contributed by atoms with van der Waals surface area (Å²) in [6, 6.07) is 9.91. The highest BCUT2D eigenvalue weighted by Crippen LogP contribution is 2.18. The summed E-state index contributed by atoms with van der Waals surface area (Å²) >= 11 is 0. The van der Waals surface area contributed by atoms with Gasteiger partial charge in [-0.1, -0.05) is 30.3 Å². The Morgan fingerprint density at radius 2 is 1.91 bits per heavy atom. The van der Waals surface area contributed by atoms with Gasteiger partial charge in [-0.15, -0.1) is 12.4 Å². The molecule has 1 aliphatic heterocycles. The summed E-state index contributed by atoms with van der Waals surface area (Å²) in [6.45, 7) is 0.943. The van der Waals surface area contributed by atoms with Crippen LogP contribution >= 0.6 is 12.4 Å². The van der Waals surface area contributed by atoms with Gasteiger partial charge in [0.25, 0.3) is 0 Å². The van der Waals surface area contributed by atoms with E-state index in [1.165, 1.54) is 5.56 Å². The van der Waals surface area contributed by atoms with Crippen LogP contribution in [0.15, 0.2) is 30.3 Å². The summed E-state index contributed by atoms with van der Waals surface area (Å²) in [4.78, 5) is 23.5. The van der Waals surface area contributed by atoms with Crippen molar-refractivity contribution in [2.45, 2.75) is 31.5 Å². The Hall–Kier alpha value is -1.63. The van der Waals surface area contributed by atoms with Crippen LogP contribution in [0.5, 0.6) is 0 Å². The van der Waals surface area contributed by atoms with Crippen molar-refractivity contribution in [3.05, 3.63) is 35.9 Å². The molecule has 2 rings (SSSR count). The SMILES string of the molecule is Cl.NC[C@H]1CC[C@@H](C(=O)NCC(=O)NCCc2ccccc2)O1. The first kappa shape index (κ1) is 19.4. The van der Waals surface area contributed by atoms with Gasteiger partial charge in [-0.3, -0.25) is 9.59 Å². The molecule has 1 heterocycles. The van der Waals surface area contributed by atoms with Crippen LogP contribution in [0, 0.1) is 0 Å². The van der Waals surface area contributed by atoms with Gasteiger partial charge in [-0.2, -0.15) is 0 Å². The lowest BCUT2D eigenvalue weighted by Crippen LogP contribution is -2.42. The van der Waals surface area contributed by atoms with Crippen LogP contribution in [0.1, 0.15) is 18.4 Å². The molecule has 1 aliphatic rings. The predicted molar refractivity (Wildman–Crippen MR) is 90.4 cm³/mol. The van der Waals surface area contributed by atoms with E-state index in [4.69, 9.17) is 10.5 Å². The molecule has 2 atom stereocenters. The molecule has 2 amide bonds. The molecule has 1 aromatic rings. The minimum absolute atomic E-state index is 0. The minimum atomic E-state index is -0.481. The van der Waals surface area contributed by atoms with Crippen molar-refractivity contribution < 1.29 is 14.3 Å². The fourth-order valence-electron chi connectivity index (χ4n) is 2.41. The summed E-state index contributed by atoms with van der Waals surface area (Å²) in [5, 5.41) is 5.38. The number of nitrogens with one attached hydrogen (secondary N) is 2. The maximum absolute atomic E-state index is 11.8. The summed E-state index contributed by atoms with van der Waals surface area (Å²) in [5.74, 6) is -0.438. The number of carbonyl (C=O) groups is 2. The lowest BCUT2D eigenvalue weighted by molar-refractivity contribution is -0.133. The standard InChI is InChI=1S/C16H23N3O3.ClH/c17-10-13-6-7-14(22-13)16(21)19-11-15(20)18-9-8-12-4-2-1-3-5-12;/h1-5,13-14H,6-11,17H2,(H,18,20)(H,19,21);1H/t13-,14+;/m1./s1. The highest BCUT2D eigenvalue weighted by molar-refractivity contribution is 5.87. The zero-order valence-electron chi connectivity index (χ0n) is 13.0. The molecule has 4 N–H and O–H groups in total. The van der Waals surface area contributed by atoms with Crippen LogP contribution in [-0.4, -0.2) is 43.7 Å². The van der Waals surface area contributed by atoms with Crippen LogP contribution < -0.4 is 16.4 Å². The Kier molecular flexibility index (Phi) is 8.61. The molecule has 23 heavy (non-hydrogen) atoms. The van der Waals surface area contributed by atoms with Gasteiger partial charge in [-0.25, -0.2) is 0 Å². The Labute approximate surface area is 142 Å². The number of ether oxygens (including phenoxy) is 1. The molecule has 6 nitrogen and oxygen atoms in total. The third-order valence-electron chi connectivity index (χ3n) is 3.66. The molecule has 0 aliphatic carbocycles. The monoisotopic (exact) mass is 341 g/mol. The first-order valence-electron chi connectivity index (χ1n) is 7.63. The zero-order chi connectivity index (χ0) is 15.8. The minimum Gasteiger partial charge on any atom is -0.364 e. The van der Waals surface area contributed by atoms with Crippen LogP contribution in [0.2, 0.25) is 0 Å². The van der Waals surface area contributed by atoms with Gasteiger partial charge >= 0.3 is 0 Å². The zero-order valence-corrected chi connectivity index (χ0v) is 13.8. The van der Waals surface area contributed by atoms with Crippen molar-refractivity contribution >= 4 is 24.2 Å². The average Bonchev–Trinajstić information content (AvgIpc) is 3.03. The normalized spacial score (nSPS) is 19.7.